The molecule has 0 aromatic heterocycles. The number of phenols is 1. The summed E-state index contributed by atoms with van der Waals surface area (Å²) in [5.41, 5.74) is -0.0875. The fourth-order valence-corrected chi connectivity index (χ4v) is 2.37. The normalized spacial score (nSPS) is 18.7. The number of hydrogen-bond donors (Lipinski definition) is 1. The third kappa shape index (κ3) is 2.89. The summed E-state index contributed by atoms with van der Waals surface area (Å²) in [6, 6.07) is 3.23. The molecule has 1 aliphatic rings. The summed E-state index contributed by atoms with van der Waals surface area (Å²) in [6.45, 7) is 0.698. The lowest BCUT2D eigenvalue weighted by Crippen LogP contribution is -2.42. The second kappa shape index (κ2) is 5.90. The highest BCUT2D eigenvalue weighted by Crippen LogP contribution is 2.24. The molecule has 1 atom stereocenters. The maximum Gasteiger partial charge on any atom is 0.310 e. The van der Waals surface area contributed by atoms with E-state index in [-0.39, 0.29) is 29.7 Å². The van der Waals surface area contributed by atoms with E-state index in [9.17, 15) is 19.1 Å². The molecule has 1 aromatic rings. The van der Waals surface area contributed by atoms with Crippen LogP contribution < -0.4 is 0 Å². The Bertz CT molecular complexity index is 532. The smallest absolute Gasteiger partial charge is 0.310 e. The van der Waals surface area contributed by atoms with Crippen LogP contribution >= 0.6 is 0 Å². The third-order valence-electron chi connectivity index (χ3n) is 3.43. The van der Waals surface area contributed by atoms with E-state index in [1.165, 1.54) is 12.0 Å². The molecule has 0 radical (unpaired) electrons. The molecule has 1 aliphatic heterocycles. The minimum absolute atomic E-state index is 0.0875. The van der Waals surface area contributed by atoms with E-state index in [1.807, 2.05) is 0 Å². The van der Waals surface area contributed by atoms with E-state index in [4.69, 9.17) is 0 Å². The molecule has 0 aliphatic carbocycles. The predicted octanol–water partition coefficient (Wildman–Crippen LogP) is 1.56. The van der Waals surface area contributed by atoms with Crippen LogP contribution in [0.5, 0.6) is 5.75 Å². The summed E-state index contributed by atoms with van der Waals surface area (Å²) in [5.74, 6) is -2.06. The number of hydrogen-bond acceptors (Lipinski definition) is 4. The van der Waals surface area contributed by atoms with Gasteiger partial charge >= 0.3 is 5.97 Å². The third-order valence-corrected chi connectivity index (χ3v) is 3.43. The summed E-state index contributed by atoms with van der Waals surface area (Å²) >= 11 is 0. The molecular weight excluding hydrogens is 265 g/mol. The van der Waals surface area contributed by atoms with Crippen LogP contribution in [0.2, 0.25) is 0 Å². The van der Waals surface area contributed by atoms with Crippen LogP contribution in [0.1, 0.15) is 23.2 Å². The Balaban J connectivity index is 2.16. The Morgan fingerprint density at radius 2 is 2.20 bits per heavy atom. The van der Waals surface area contributed by atoms with Crippen molar-refractivity contribution in [3.63, 3.8) is 0 Å². The summed E-state index contributed by atoms with van der Waals surface area (Å²) < 4.78 is 17.9. The highest BCUT2D eigenvalue weighted by molar-refractivity contribution is 5.97. The number of phenolic OH excluding ortho intramolecular Hbond substituents is 1. The van der Waals surface area contributed by atoms with Gasteiger partial charge in [0.05, 0.1) is 18.6 Å². The van der Waals surface area contributed by atoms with Gasteiger partial charge in [-0.15, -0.1) is 0 Å². The summed E-state index contributed by atoms with van der Waals surface area (Å²) in [5, 5.41) is 9.65. The first kappa shape index (κ1) is 14.3. The molecule has 1 fully saturated rings. The number of amides is 1. The lowest BCUT2D eigenvalue weighted by Gasteiger charge is -2.31. The summed E-state index contributed by atoms with van der Waals surface area (Å²) in [6.07, 6.45) is 1.33. The minimum Gasteiger partial charge on any atom is -0.507 e. The fraction of sp³-hybridized carbons (Fsp3) is 0.429. The number of carbonyl (C=O) groups is 2. The molecular formula is C14H16FNO4. The van der Waals surface area contributed by atoms with Crippen LogP contribution in [0.3, 0.4) is 0 Å². The van der Waals surface area contributed by atoms with Gasteiger partial charge in [0.1, 0.15) is 11.6 Å². The van der Waals surface area contributed by atoms with Gasteiger partial charge in [0.2, 0.25) is 0 Å². The Morgan fingerprint density at radius 3 is 2.90 bits per heavy atom. The van der Waals surface area contributed by atoms with Crippen molar-refractivity contribution < 1.29 is 23.8 Å². The van der Waals surface area contributed by atoms with E-state index in [1.54, 1.807) is 0 Å². The molecule has 1 heterocycles. The zero-order chi connectivity index (χ0) is 14.7. The average Bonchev–Trinajstić information content (AvgIpc) is 2.48. The maximum absolute atomic E-state index is 13.2. The molecule has 6 heteroatoms. The van der Waals surface area contributed by atoms with Gasteiger partial charge in [-0.25, -0.2) is 4.39 Å². The highest BCUT2D eigenvalue weighted by atomic mass is 19.1. The van der Waals surface area contributed by atoms with Gasteiger partial charge < -0.3 is 14.7 Å². The number of piperidine rings is 1. The molecule has 0 saturated carbocycles. The lowest BCUT2D eigenvalue weighted by molar-refractivity contribution is -0.146. The van der Waals surface area contributed by atoms with Gasteiger partial charge in [-0.1, -0.05) is 0 Å². The Hall–Kier alpha value is -2.11. The van der Waals surface area contributed by atoms with Gasteiger partial charge in [0.25, 0.3) is 5.91 Å². The number of aromatic hydroxyl groups is 1. The molecule has 2 rings (SSSR count). The molecule has 1 N–H and O–H groups in total. The standard InChI is InChI=1S/C14H16FNO4/c1-20-14(19)9-3-2-6-16(8-9)13(18)11-7-10(15)4-5-12(11)17/h4-5,7,9,17H,2-3,6,8H2,1H3/t9-/m0/s1. The maximum atomic E-state index is 13.2. The van der Waals surface area contributed by atoms with Gasteiger partial charge in [0, 0.05) is 13.1 Å². The number of likely N-dealkylation sites (tertiary alicyclic amines) is 1. The Morgan fingerprint density at radius 1 is 1.45 bits per heavy atom. The van der Waals surface area contributed by atoms with Crippen molar-refractivity contribution in [3.05, 3.63) is 29.6 Å². The summed E-state index contributed by atoms with van der Waals surface area (Å²) in [7, 11) is 1.31. The van der Waals surface area contributed by atoms with Crippen LogP contribution in [0.15, 0.2) is 18.2 Å². The van der Waals surface area contributed by atoms with Gasteiger partial charge in [-0.2, -0.15) is 0 Å². The van der Waals surface area contributed by atoms with Gasteiger partial charge in [0.15, 0.2) is 0 Å². The van der Waals surface area contributed by atoms with E-state index in [0.717, 1.165) is 18.2 Å². The molecule has 0 unspecified atom stereocenters. The topological polar surface area (TPSA) is 66.8 Å². The quantitative estimate of drug-likeness (QED) is 0.835. The van der Waals surface area contributed by atoms with E-state index in [0.29, 0.717) is 19.4 Å². The number of halogens is 1. The van der Waals surface area contributed by atoms with E-state index in [2.05, 4.69) is 4.74 Å². The van der Waals surface area contributed by atoms with Gasteiger partial charge in [-0.05, 0) is 31.0 Å². The number of rotatable bonds is 2. The minimum atomic E-state index is -0.590. The lowest BCUT2D eigenvalue weighted by atomic mass is 9.97. The van der Waals surface area contributed by atoms with Crippen LogP contribution in [-0.2, 0) is 9.53 Å². The van der Waals surface area contributed by atoms with Crippen molar-refractivity contribution in [2.75, 3.05) is 20.2 Å². The van der Waals surface area contributed by atoms with Crippen LogP contribution in [0.25, 0.3) is 0 Å². The Labute approximate surface area is 116 Å². The largest absolute Gasteiger partial charge is 0.507 e. The van der Waals surface area contributed by atoms with Crippen molar-refractivity contribution >= 4 is 11.9 Å². The molecule has 1 aromatic carbocycles. The number of esters is 1. The zero-order valence-corrected chi connectivity index (χ0v) is 11.1. The van der Waals surface area contributed by atoms with Gasteiger partial charge in [-0.3, -0.25) is 9.59 Å². The van der Waals surface area contributed by atoms with Crippen molar-refractivity contribution in [3.8, 4) is 5.75 Å². The second-order valence-electron chi connectivity index (χ2n) is 4.77. The molecule has 5 nitrogen and oxygen atoms in total. The zero-order valence-electron chi connectivity index (χ0n) is 11.1. The Kier molecular flexibility index (Phi) is 4.22. The SMILES string of the molecule is COC(=O)[C@H]1CCCN(C(=O)c2cc(F)ccc2O)C1. The molecule has 0 bridgehead atoms. The molecule has 1 saturated heterocycles. The number of benzene rings is 1. The monoisotopic (exact) mass is 281 g/mol. The van der Waals surface area contributed by atoms with E-state index < -0.39 is 11.7 Å². The first-order valence-electron chi connectivity index (χ1n) is 6.38. The number of methoxy groups -OCH3 is 1. The molecule has 108 valence electrons. The second-order valence-corrected chi connectivity index (χ2v) is 4.77. The highest BCUT2D eigenvalue weighted by Gasteiger charge is 2.30. The van der Waals surface area contributed by atoms with Crippen LogP contribution in [0.4, 0.5) is 4.39 Å². The number of carbonyl (C=O) groups excluding carboxylic acids is 2. The van der Waals surface area contributed by atoms with Crippen molar-refractivity contribution in [2.24, 2.45) is 5.92 Å². The first-order valence-corrected chi connectivity index (χ1v) is 6.38. The van der Waals surface area contributed by atoms with Crippen molar-refractivity contribution in [2.45, 2.75) is 12.8 Å². The van der Waals surface area contributed by atoms with Crippen LogP contribution in [-0.4, -0.2) is 42.1 Å². The molecule has 0 spiro atoms. The van der Waals surface area contributed by atoms with E-state index >= 15 is 0 Å². The fourth-order valence-electron chi connectivity index (χ4n) is 2.37. The predicted molar refractivity (Wildman–Crippen MR) is 68.7 cm³/mol. The summed E-state index contributed by atoms with van der Waals surface area (Å²) in [4.78, 5) is 25.2. The van der Waals surface area contributed by atoms with Crippen molar-refractivity contribution in [1.29, 1.82) is 0 Å². The molecule has 1 amide bonds. The average molecular weight is 281 g/mol. The van der Waals surface area contributed by atoms with Crippen LogP contribution in [0, 0.1) is 11.7 Å². The van der Waals surface area contributed by atoms with Crippen molar-refractivity contribution in [1.82, 2.24) is 4.90 Å². The number of nitrogens with zero attached hydrogens (tertiary/aromatic N) is 1. The molecule has 20 heavy (non-hydrogen) atoms. The first-order chi connectivity index (χ1) is 9.52. The number of ether oxygens (including phenoxy) is 1.